The number of sulfonamides is 1. The Morgan fingerprint density at radius 3 is 2.21 bits per heavy atom. The smallest absolute Gasteiger partial charge is 0.266 e. The van der Waals surface area contributed by atoms with Gasteiger partial charge < -0.3 is 4.74 Å². The maximum atomic E-state index is 13.3. The van der Waals surface area contributed by atoms with Crippen LogP contribution in [0.2, 0.25) is 0 Å². The van der Waals surface area contributed by atoms with E-state index in [4.69, 9.17) is 4.74 Å². The third-order valence-corrected chi connectivity index (χ3v) is 7.04. The zero-order chi connectivity index (χ0) is 24.5. The van der Waals surface area contributed by atoms with Gasteiger partial charge in [-0.2, -0.15) is 0 Å². The predicted octanol–water partition coefficient (Wildman–Crippen LogP) is 4.17. The average molecular weight is 478 g/mol. The highest BCUT2D eigenvalue weighted by molar-refractivity contribution is 7.89. The molecule has 0 saturated heterocycles. The fourth-order valence-corrected chi connectivity index (χ4v) is 4.65. The minimum Gasteiger partial charge on any atom is -0.497 e. The van der Waals surface area contributed by atoms with Gasteiger partial charge in [0.2, 0.25) is 10.0 Å². The molecule has 34 heavy (non-hydrogen) atoms. The molecule has 3 aromatic carbocycles. The van der Waals surface area contributed by atoms with Gasteiger partial charge in [-0.1, -0.05) is 45.0 Å². The van der Waals surface area contributed by atoms with Gasteiger partial charge in [0.15, 0.2) is 0 Å². The number of aromatic nitrogens is 2. The molecule has 0 atom stereocenters. The van der Waals surface area contributed by atoms with Crippen molar-refractivity contribution in [2.75, 3.05) is 7.11 Å². The van der Waals surface area contributed by atoms with Gasteiger partial charge in [0, 0.05) is 0 Å². The fraction of sp³-hybridized carbons (Fsp3) is 0.231. The number of nitrogens with one attached hydrogen (secondary N) is 1. The van der Waals surface area contributed by atoms with Crippen LogP contribution >= 0.6 is 0 Å². The van der Waals surface area contributed by atoms with E-state index in [1.807, 2.05) is 12.1 Å². The van der Waals surface area contributed by atoms with Gasteiger partial charge in [-0.25, -0.2) is 18.1 Å². The first kappa shape index (κ1) is 23.7. The maximum absolute atomic E-state index is 13.3. The molecule has 7 nitrogen and oxygen atoms in total. The third kappa shape index (κ3) is 4.73. The molecule has 4 rings (SSSR count). The molecule has 0 saturated carbocycles. The number of rotatable bonds is 6. The first-order chi connectivity index (χ1) is 16.1. The Labute approximate surface area is 199 Å². The molecule has 1 heterocycles. The Balaban J connectivity index is 1.73. The molecule has 0 aliphatic rings. The van der Waals surface area contributed by atoms with E-state index in [1.165, 1.54) is 4.57 Å². The Morgan fingerprint density at radius 2 is 1.59 bits per heavy atom. The summed E-state index contributed by atoms with van der Waals surface area (Å²) >= 11 is 0. The summed E-state index contributed by atoms with van der Waals surface area (Å²) in [5.74, 6) is 0.926. The molecular weight excluding hydrogens is 450 g/mol. The van der Waals surface area contributed by atoms with E-state index < -0.39 is 10.0 Å². The lowest BCUT2D eigenvalue weighted by Crippen LogP contribution is -2.30. The molecule has 1 aromatic heterocycles. The third-order valence-electron chi connectivity index (χ3n) is 5.63. The number of hydrogen-bond acceptors (Lipinski definition) is 5. The Bertz CT molecular complexity index is 1480. The molecule has 0 aliphatic carbocycles. The van der Waals surface area contributed by atoms with E-state index in [2.05, 4.69) is 30.5 Å². The van der Waals surface area contributed by atoms with Crippen LogP contribution in [0.4, 0.5) is 0 Å². The zero-order valence-corrected chi connectivity index (χ0v) is 20.4. The first-order valence-electron chi connectivity index (χ1n) is 10.9. The van der Waals surface area contributed by atoms with Crippen LogP contribution in [0.15, 0.2) is 82.5 Å². The Hall–Kier alpha value is -3.49. The van der Waals surface area contributed by atoms with Gasteiger partial charge in [0.25, 0.3) is 5.56 Å². The van der Waals surface area contributed by atoms with E-state index in [0.29, 0.717) is 22.3 Å². The van der Waals surface area contributed by atoms with E-state index in [0.717, 1.165) is 5.56 Å². The maximum Gasteiger partial charge on any atom is 0.266 e. The van der Waals surface area contributed by atoms with Gasteiger partial charge in [0.05, 0.1) is 35.1 Å². The van der Waals surface area contributed by atoms with Crippen LogP contribution in [0.5, 0.6) is 5.75 Å². The van der Waals surface area contributed by atoms with E-state index >= 15 is 0 Å². The van der Waals surface area contributed by atoms with Gasteiger partial charge in [-0.15, -0.1) is 0 Å². The molecule has 8 heteroatoms. The number of fused-ring (bicyclic) bond motifs is 1. The van der Waals surface area contributed by atoms with Crippen LogP contribution in [0, 0.1) is 0 Å². The summed E-state index contributed by atoms with van der Waals surface area (Å²) < 4.78 is 35.2. The lowest BCUT2D eigenvalue weighted by molar-refractivity contribution is 0.414. The largest absolute Gasteiger partial charge is 0.497 e. The van der Waals surface area contributed by atoms with Gasteiger partial charge >= 0.3 is 0 Å². The highest BCUT2D eigenvalue weighted by atomic mass is 32.2. The van der Waals surface area contributed by atoms with Crippen molar-refractivity contribution in [2.24, 2.45) is 0 Å². The molecule has 4 aromatic rings. The molecule has 0 spiro atoms. The topological polar surface area (TPSA) is 90.3 Å². The summed E-state index contributed by atoms with van der Waals surface area (Å²) in [6.07, 6.45) is 0. The summed E-state index contributed by atoms with van der Waals surface area (Å²) in [5.41, 5.74) is 1.74. The van der Waals surface area contributed by atoms with Crippen LogP contribution in [0.1, 0.15) is 32.2 Å². The minimum atomic E-state index is -3.82. The van der Waals surface area contributed by atoms with Crippen molar-refractivity contribution in [3.8, 4) is 11.4 Å². The van der Waals surface area contributed by atoms with E-state index in [-0.39, 0.29) is 28.2 Å². The lowest BCUT2D eigenvalue weighted by atomic mass is 9.87. The van der Waals surface area contributed by atoms with Crippen molar-refractivity contribution in [1.29, 1.82) is 0 Å². The van der Waals surface area contributed by atoms with Crippen LogP contribution in [-0.4, -0.2) is 25.1 Å². The van der Waals surface area contributed by atoms with Crippen LogP contribution in [-0.2, 0) is 22.0 Å². The van der Waals surface area contributed by atoms with Crippen molar-refractivity contribution in [2.45, 2.75) is 37.6 Å². The molecule has 0 fully saturated rings. The number of methoxy groups -OCH3 is 1. The number of benzene rings is 3. The normalized spacial score (nSPS) is 12.1. The molecule has 0 unspecified atom stereocenters. The van der Waals surface area contributed by atoms with E-state index in [9.17, 15) is 13.2 Å². The quantitative estimate of drug-likeness (QED) is 0.450. The van der Waals surface area contributed by atoms with Gasteiger partial charge in [-0.05, 0) is 59.5 Å². The number of para-hydroxylation sites is 1. The Kier molecular flexibility index (Phi) is 6.29. The standard InChI is InChI=1S/C26H27N3O4S/c1-26(2,3)18-9-15-21(16-10-18)34(31,32)27-17-24-28-23-8-6-5-7-22(23)25(30)29(24)19-11-13-20(33-4)14-12-19/h5-16,27H,17H2,1-4H3. The number of ether oxygens (including phenoxy) is 1. The molecule has 0 radical (unpaired) electrons. The minimum absolute atomic E-state index is 0.0842. The number of hydrogen-bond donors (Lipinski definition) is 1. The second kappa shape index (κ2) is 9.04. The molecular formula is C26H27N3O4S. The summed E-state index contributed by atoms with van der Waals surface area (Å²) in [5, 5.41) is 0.447. The number of nitrogens with zero attached hydrogens (tertiary/aromatic N) is 2. The molecule has 0 aliphatic heterocycles. The zero-order valence-electron chi connectivity index (χ0n) is 19.6. The van der Waals surface area contributed by atoms with Gasteiger partial charge in [-0.3, -0.25) is 9.36 Å². The summed E-state index contributed by atoms with van der Waals surface area (Å²) in [6.45, 7) is 6.05. The van der Waals surface area contributed by atoms with Crippen molar-refractivity contribution >= 4 is 20.9 Å². The van der Waals surface area contributed by atoms with Crippen LogP contribution in [0.25, 0.3) is 16.6 Å². The highest BCUT2D eigenvalue weighted by Gasteiger charge is 2.19. The van der Waals surface area contributed by atoms with Crippen molar-refractivity contribution < 1.29 is 13.2 Å². The Morgan fingerprint density at radius 1 is 0.941 bits per heavy atom. The lowest BCUT2D eigenvalue weighted by Gasteiger charge is -2.19. The predicted molar refractivity (Wildman–Crippen MR) is 133 cm³/mol. The van der Waals surface area contributed by atoms with Crippen LogP contribution < -0.4 is 15.0 Å². The second-order valence-corrected chi connectivity index (χ2v) is 10.7. The van der Waals surface area contributed by atoms with Crippen LogP contribution in [0.3, 0.4) is 0 Å². The summed E-state index contributed by atoms with van der Waals surface area (Å²) in [4.78, 5) is 18.1. The van der Waals surface area contributed by atoms with E-state index in [1.54, 1.807) is 67.8 Å². The fourth-order valence-electron chi connectivity index (χ4n) is 3.67. The monoisotopic (exact) mass is 477 g/mol. The van der Waals surface area contributed by atoms with Gasteiger partial charge in [0.1, 0.15) is 11.6 Å². The second-order valence-electron chi connectivity index (χ2n) is 8.98. The van der Waals surface area contributed by atoms with Crippen molar-refractivity contribution in [1.82, 2.24) is 14.3 Å². The average Bonchev–Trinajstić information content (AvgIpc) is 2.82. The molecule has 0 amide bonds. The van der Waals surface area contributed by atoms with Crippen molar-refractivity contribution in [3.05, 3.63) is 94.5 Å². The molecule has 1 N–H and O–H groups in total. The summed E-state index contributed by atoms with van der Waals surface area (Å²) in [7, 11) is -2.26. The first-order valence-corrected chi connectivity index (χ1v) is 12.3. The molecule has 0 bridgehead atoms. The summed E-state index contributed by atoms with van der Waals surface area (Å²) in [6, 6.07) is 20.8. The van der Waals surface area contributed by atoms with Crippen molar-refractivity contribution in [3.63, 3.8) is 0 Å². The SMILES string of the molecule is COc1ccc(-n2c(CNS(=O)(=O)c3ccc(C(C)(C)C)cc3)nc3ccccc3c2=O)cc1. The molecule has 176 valence electrons. The highest BCUT2D eigenvalue weighted by Crippen LogP contribution is 2.23.